The number of rotatable bonds is 3. The maximum absolute atomic E-state index is 12.5. The van der Waals surface area contributed by atoms with Crippen LogP contribution < -0.4 is 0 Å². The molecule has 6 nitrogen and oxygen atoms in total. The zero-order valence-electron chi connectivity index (χ0n) is 16.1. The molecule has 0 amide bonds. The van der Waals surface area contributed by atoms with Crippen molar-refractivity contribution in [2.75, 3.05) is 0 Å². The number of nitrogens with zero attached hydrogens (tertiary/aromatic N) is 2. The number of aromatic nitrogens is 1. The highest BCUT2D eigenvalue weighted by atomic mass is 35.5. The van der Waals surface area contributed by atoms with Crippen LogP contribution in [0.2, 0.25) is 5.02 Å². The molecule has 0 aliphatic carbocycles. The predicted octanol–water partition coefficient (Wildman–Crippen LogP) is 4.18. The summed E-state index contributed by atoms with van der Waals surface area (Å²) in [5.74, 6) is -0.391. The lowest BCUT2D eigenvalue weighted by molar-refractivity contribution is -0.155. The highest BCUT2D eigenvalue weighted by Crippen LogP contribution is 2.33. The summed E-state index contributed by atoms with van der Waals surface area (Å²) < 4.78 is 36.1. The normalized spacial score (nSPS) is 15.2. The molecule has 29 heavy (non-hydrogen) atoms. The first-order valence-electron chi connectivity index (χ1n) is 9.00. The molecule has 4 rings (SSSR count). The van der Waals surface area contributed by atoms with Gasteiger partial charge in [-0.2, -0.15) is 12.8 Å². The Balaban J connectivity index is 1.87. The van der Waals surface area contributed by atoms with Crippen molar-refractivity contribution >= 4 is 44.2 Å². The molecule has 2 aromatic carbocycles. The lowest BCUT2D eigenvalue weighted by atomic mass is 10.0. The molecule has 0 unspecified atom stereocenters. The van der Waals surface area contributed by atoms with Gasteiger partial charge in [0, 0.05) is 33.2 Å². The van der Waals surface area contributed by atoms with Crippen molar-refractivity contribution in [3.05, 3.63) is 64.8 Å². The summed E-state index contributed by atoms with van der Waals surface area (Å²) in [6.07, 6.45) is 1.72. The van der Waals surface area contributed by atoms with E-state index in [9.17, 15) is 13.2 Å². The second kappa shape index (κ2) is 6.71. The van der Waals surface area contributed by atoms with E-state index in [2.05, 4.69) is 4.40 Å². The molecule has 0 radical (unpaired) electrons. The Hall–Kier alpha value is -2.64. The van der Waals surface area contributed by atoms with Crippen molar-refractivity contribution in [1.82, 2.24) is 4.57 Å². The maximum Gasteiger partial charge on any atom is 0.326 e. The van der Waals surface area contributed by atoms with Crippen molar-refractivity contribution in [3.63, 3.8) is 0 Å². The number of esters is 1. The van der Waals surface area contributed by atoms with Gasteiger partial charge in [0.25, 0.3) is 10.0 Å². The number of ether oxygens (including phenoxy) is 1. The summed E-state index contributed by atoms with van der Waals surface area (Å²) >= 11 is 6.20. The molecule has 150 valence electrons. The zero-order chi connectivity index (χ0) is 21.0. The first-order valence-corrected chi connectivity index (χ1v) is 10.8. The fourth-order valence-corrected chi connectivity index (χ4v) is 4.80. The van der Waals surface area contributed by atoms with E-state index >= 15 is 0 Å². The van der Waals surface area contributed by atoms with E-state index < -0.39 is 21.6 Å². The van der Waals surface area contributed by atoms with Gasteiger partial charge in [-0.15, -0.1) is 0 Å². The topological polar surface area (TPSA) is 77.7 Å². The fraction of sp³-hybridized carbons (Fsp3) is 0.238. The van der Waals surface area contributed by atoms with E-state index in [0.717, 1.165) is 5.52 Å². The van der Waals surface area contributed by atoms with Gasteiger partial charge in [-0.3, -0.25) is 4.79 Å². The Labute approximate surface area is 173 Å². The number of hydrogen-bond acceptors (Lipinski definition) is 4. The SMILES string of the molecule is CC(C)(C)OC(=O)Cn1cc(C2=NS(=O)(=O)c3ccccc32)c2cc(Cl)ccc21. The quantitative estimate of drug-likeness (QED) is 0.584. The Bertz CT molecular complexity index is 1280. The maximum atomic E-state index is 12.5. The smallest absolute Gasteiger partial charge is 0.326 e. The lowest BCUT2D eigenvalue weighted by Crippen LogP contribution is -2.26. The number of sulfonamides is 1. The number of carbonyl (C=O) groups is 1. The van der Waals surface area contributed by atoms with E-state index in [1.54, 1.807) is 67.9 Å². The van der Waals surface area contributed by atoms with Crippen LogP contribution in [0.4, 0.5) is 0 Å². The number of halogens is 1. The second-order valence-corrected chi connectivity index (χ2v) is 9.84. The predicted molar refractivity (Wildman–Crippen MR) is 112 cm³/mol. The third kappa shape index (κ3) is 3.68. The van der Waals surface area contributed by atoms with Crippen molar-refractivity contribution in [3.8, 4) is 0 Å². The molecule has 1 aliphatic rings. The van der Waals surface area contributed by atoms with Gasteiger partial charge in [0.1, 0.15) is 12.1 Å². The van der Waals surface area contributed by atoms with Crippen LogP contribution >= 0.6 is 11.6 Å². The molecule has 0 N–H and O–H groups in total. The molecular weight excluding hydrogens is 412 g/mol. The van der Waals surface area contributed by atoms with Crippen LogP contribution in [0, 0.1) is 0 Å². The second-order valence-electron chi connectivity index (χ2n) is 7.83. The van der Waals surface area contributed by atoms with Gasteiger partial charge in [-0.05, 0) is 45.0 Å². The average molecular weight is 431 g/mol. The molecule has 3 aromatic rings. The monoisotopic (exact) mass is 430 g/mol. The molecule has 1 aliphatic heterocycles. The summed E-state index contributed by atoms with van der Waals surface area (Å²) in [5, 5.41) is 1.22. The summed E-state index contributed by atoms with van der Waals surface area (Å²) in [7, 11) is -3.77. The summed E-state index contributed by atoms with van der Waals surface area (Å²) in [6.45, 7) is 5.40. The molecular formula is C21H19ClN2O4S. The van der Waals surface area contributed by atoms with Gasteiger partial charge >= 0.3 is 5.97 Å². The Morgan fingerprint density at radius 1 is 1.14 bits per heavy atom. The van der Waals surface area contributed by atoms with E-state index in [1.807, 2.05) is 0 Å². The van der Waals surface area contributed by atoms with Gasteiger partial charge in [-0.1, -0.05) is 29.8 Å². The van der Waals surface area contributed by atoms with Crippen molar-refractivity contribution in [1.29, 1.82) is 0 Å². The highest BCUT2D eigenvalue weighted by Gasteiger charge is 2.31. The van der Waals surface area contributed by atoms with Gasteiger partial charge < -0.3 is 9.30 Å². The minimum Gasteiger partial charge on any atom is -0.459 e. The van der Waals surface area contributed by atoms with E-state index in [-0.39, 0.29) is 11.4 Å². The van der Waals surface area contributed by atoms with Gasteiger partial charge in [0.2, 0.25) is 0 Å². The summed E-state index contributed by atoms with van der Waals surface area (Å²) in [5.41, 5.74) is 1.60. The Kier molecular flexibility index (Phi) is 4.55. The van der Waals surface area contributed by atoms with Crippen LogP contribution in [-0.4, -0.2) is 30.3 Å². The molecule has 0 saturated heterocycles. The van der Waals surface area contributed by atoms with Crippen LogP contribution in [-0.2, 0) is 26.1 Å². The van der Waals surface area contributed by atoms with E-state index in [1.165, 1.54) is 6.07 Å². The summed E-state index contributed by atoms with van der Waals surface area (Å²) in [6, 6.07) is 11.9. The van der Waals surface area contributed by atoms with Crippen LogP contribution in [0.5, 0.6) is 0 Å². The number of fused-ring (bicyclic) bond motifs is 2. The van der Waals surface area contributed by atoms with Gasteiger partial charge in [-0.25, -0.2) is 0 Å². The molecule has 0 fully saturated rings. The molecule has 0 saturated carbocycles. The van der Waals surface area contributed by atoms with Crippen molar-refractivity contribution < 1.29 is 17.9 Å². The number of carbonyl (C=O) groups excluding carboxylic acids is 1. The van der Waals surface area contributed by atoms with Gasteiger partial charge in [0.15, 0.2) is 0 Å². The van der Waals surface area contributed by atoms with Crippen LogP contribution in [0.1, 0.15) is 31.9 Å². The van der Waals surface area contributed by atoms with Crippen LogP contribution in [0.25, 0.3) is 10.9 Å². The zero-order valence-corrected chi connectivity index (χ0v) is 17.7. The van der Waals surface area contributed by atoms with Crippen LogP contribution in [0.3, 0.4) is 0 Å². The third-order valence-corrected chi connectivity index (χ3v) is 6.02. The highest BCUT2D eigenvalue weighted by molar-refractivity contribution is 7.90. The molecule has 2 heterocycles. The first-order chi connectivity index (χ1) is 13.5. The minimum absolute atomic E-state index is 0.0168. The lowest BCUT2D eigenvalue weighted by Gasteiger charge is -2.19. The standard InChI is InChI=1S/C21H19ClN2O4S/c1-21(2,3)28-19(25)12-24-11-16(15-10-13(22)8-9-17(15)24)20-14-6-4-5-7-18(14)29(26,27)23-20/h4-11H,12H2,1-3H3. The van der Waals surface area contributed by atoms with Gasteiger partial charge in [0.05, 0.1) is 10.6 Å². The van der Waals surface area contributed by atoms with Crippen molar-refractivity contribution in [2.45, 2.75) is 37.8 Å². The Morgan fingerprint density at radius 3 is 2.59 bits per heavy atom. The van der Waals surface area contributed by atoms with Crippen molar-refractivity contribution in [2.24, 2.45) is 4.40 Å². The molecule has 1 aromatic heterocycles. The van der Waals surface area contributed by atoms with E-state index in [4.69, 9.17) is 16.3 Å². The van der Waals surface area contributed by atoms with E-state index in [0.29, 0.717) is 27.2 Å². The third-order valence-electron chi connectivity index (χ3n) is 4.45. The minimum atomic E-state index is -3.77. The fourth-order valence-electron chi connectivity index (χ4n) is 3.40. The molecule has 0 bridgehead atoms. The Morgan fingerprint density at radius 2 is 1.86 bits per heavy atom. The average Bonchev–Trinajstić information content (AvgIpc) is 3.08. The summed E-state index contributed by atoms with van der Waals surface area (Å²) in [4.78, 5) is 12.5. The number of hydrogen-bond donors (Lipinski definition) is 0. The molecule has 8 heteroatoms. The molecule has 0 atom stereocenters. The largest absolute Gasteiger partial charge is 0.459 e. The number of benzene rings is 2. The van der Waals surface area contributed by atoms with Crippen LogP contribution in [0.15, 0.2) is 58.0 Å². The first kappa shape index (κ1) is 19.7. The molecule has 0 spiro atoms.